The third-order valence-corrected chi connectivity index (χ3v) is 8.02. The highest BCUT2D eigenvalue weighted by atomic mass is 35.5. The number of hydrogen-bond donors (Lipinski definition) is 1. The second kappa shape index (κ2) is 8.90. The number of carbonyl (C=O) groups is 1. The highest BCUT2D eigenvalue weighted by Gasteiger charge is 2.30. The molecule has 3 aromatic carbocycles. The van der Waals surface area contributed by atoms with Crippen molar-refractivity contribution in [1.29, 1.82) is 0 Å². The van der Waals surface area contributed by atoms with Gasteiger partial charge in [-0.2, -0.15) is 0 Å². The molecule has 0 fully saturated rings. The van der Waals surface area contributed by atoms with E-state index in [1.54, 1.807) is 36.4 Å². The molecule has 32 heavy (non-hydrogen) atoms. The van der Waals surface area contributed by atoms with Crippen LogP contribution in [0.2, 0.25) is 4.34 Å². The van der Waals surface area contributed by atoms with Crippen LogP contribution in [0.4, 0.5) is 10.8 Å². The molecule has 0 spiro atoms. The number of fused-ring (bicyclic) bond motifs is 1. The van der Waals surface area contributed by atoms with E-state index < -0.39 is 22.5 Å². The number of thiazole rings is 1. The Bertz CT molecular complexity index is 1410. The van der Waals surface area contributed by atoms with Crippen molar-refractivity contribution in [1.82, 2.24) is 4.98 Å². The monoisotopic (exact) mass is 485 g/mol. The van der Waals surface area contributed by atoms with Gasteiger partial charge in [-0.25, -0.2) is 13.4 Å². The lowest BCUT2D eigenvalue weighted by molar-refractivity contribution is -0.114. The molecule has 0 aliphatic rings. The first-order chi connectivity index (χ1) is 15.3. The zero-order chi connectivity index (χ0) is 22.9. The molecule has 9 heteroatoms. The van der Waals surface area contributed by atoms with Gasteiger partial charge in [-0.1, -0.05) is 71.5 Å². The number of rotatable bonds is 6. The summed E-state index contributed by atoms with van der Waals surface area (Å²) in [5, 5.41) is 4.34. The number of carbonyl (C=O) groups excluding carboxylic acids is 1. The van der Waals surface area contributed by atoms with Gasteiger partial charge in [0.1, 0.15) is 10.9 Å². The van der Waals surface area contributed by atoms with Gasteiger partial charge in [-0.15, -0.1) is 0 Å². The molecule has 0 bridgehead atoms. The van der Waals surface area contributed by atoms with Crippen LogP contribution in [0.3, 0.4) is 0 Å². The number of halogens is 1. The van der Waals surface area contributed by atoms with E-state index in [9.17, 15) is 13.2 Å². The number of nitrogens with one attached hydrogen (secondary N) is 1. The largest absolute Gasteiger partial charge is 0.300 e. The SMILES string of the molecule is Cc1cccc(N(CC(=O)Nc2ncc(Cl)s2)S(=O)(=O)c2cccc3ccccc23)c1C. The summed E-state index contributed by atoms with van der Waals surface area (Å²) in [4.78, 5) is 17.0. The average Bonchev–Trinajstić information content (AvgIpc) is 3.18. The van der Waals surface area contributed by atoms with Crippen molar-refractivity contribution in [2.45, 2.75) is 18.7 Å². The summed E-state index contributed by atoms with van der Waals surface area (Å²) < 4.78 is 29.4. The number of nitrogens with zero attached hydrogens (tertiary/aromatic N) is 2. The first-order valence-electron chi connectivity index (χ1n) is 9.75. The summed E-state index contributed by atoms with van der Waals surface area (Å²) in [6, 6.07) is 17.8. The van der Waals surface area contributed by atoms with E-state index in [-0.39, 0.29) is 4.90 Å². The quantitative estimate of drug-likeness (QED) is 0.396. The Hall–Kier alpha value is -2.94. The summed E-state index contributed by atoms with van der Waals surface area (Å²) in [5.74, 6) is -0.513. The molecule has 1 amide bonds. The van der Waals surface area contributed by atoms with Crippen LogP contribution >= 0.6 is 22.9 Å². The first-order valence-corrected chi connectivity index (χ1v) is 12.4. The lowest BCUT2D eigenvalue weighted by atomic mass is 10.1. The van der Waals surface area contributed by atoms with Crippen LogP contribution in [0.5, 0.6) is 0 Å². The Labute approximate surface area is 195 Å². The van der Waals surface area contributed by atoms with Crippen molar-refractivity contribution in [3.8, 4) is 0 Å². The van der Waals surface area contributed by atoms with Crippen LogP contribution in [0, 0.1) is 13.8 Å². The van der Waals surface area contributed by atoms with Gasteiger partial charge >= 0.3 is 0 Å². The summed E-state index contributed by atoms with van der Waals surface area (Å²) >= 11 is 6.99. The van der Waals surface area contributed by atoms with Crippen molar-refractivity contribution in [2.24, 2.45) is 0 Å². The molecule has 4 rings (SSSR count). The highest BCUT2D eigenvalue weighted by Crippen LogP contribution is 2.32. The van der Waals surface area contributed by atoms with Crippen LogP contribution in [0.15, 0.2) is 71.8 Å². The topological polar surface area (TPSA) is 79.4 Å². The predicted molar refractivity (Wildman–Crippen MR) is 130 cm³/mol. The number of hydrogen-bond acceptors (Lipinski definition) is 5. The van der Waals surface area contributed by atoms with Gasteiger partial charge in [0.2, 0.25) is 5.91 Å². The summed E-state index contributed by atoms with van der Waals surface area (Å²) in [7, 11) is -4.07. The van der Waals surface area contributed by atoms with Gasteiger partial charge in [0.25, 0.3) is 10.0 Å². The molecule has 4 aromatic rings. The average molecular weight is 486 g/mol. The maximum absolute atomic E-state index is 13.9. The molecule has 0 radical (unpaired) electrons. The van der Waals surface area contributed by atoms with Crippen molar-refractivity contribution < 1.29 is 13.2 Å². The fraction of sp³-hybridized carbons (Fsp3) is 0.130. The molecule has 1 heterocycles. The molecular weight excluding hydrogens is 466 g/mol. The molecule has 6 nitrogen and oxygen atoms in total. The lowest BCUT2D eigenvalue weighted by Crippen LogP contribution is -2.38. The van der Waals surface area contributed by atoms with E-state index in [0.717, 1.165) is 32.2 Å². The Morgan fingerprint density at radius 1 is 1.06 bits per heavy atom. The molecule has 164 valence electrons. The normalized spacial score (nSPS) is 11.5. The zero-order valence-electron chi connectivity index (χ0n) is 17.4. The maximum Gasteiger partial charge on any atom is 0.265 e. The van der Waals surface area contributed by atoms with E-state index in [1.807, 2.05) is 38.1 Å². The molecule has 0 saturated carbocycles. The van der Waals surface area contributed by atoms with E-state index in [4.69, 9.17) is 11.6 Å². The van der Waals surface area contributed by atoms with Crippen molar-refractivity contribution in [3.05, 3.63) is 82.3 Å². The van der Waals surface area contributed by atoms with Crippen molar-refractivity contribution >= 4 is 60.5 Å². The van der Waals surface area contributed by atoms with Crippen LogP contribution in [-0.4, -0.2) is 25.9 Å². The van der Waals surface area contributed by atoms with Crippen molar-refractivity contribution in [3.63, 3.8) is 0 Å². The molecule has 0 unspecified atom stereocenters. The Balaban J connectivity index is 1.81. The fourth-order valence-corrected chi connectivity index (χ4v) is 5.97. The summed E-state index contributed by atoms with van der Waals surface area (Å²) in [6.45, 7) is 3.33. The van der Waals surface area contributed by atoms with Crippen LogP contribution in [-0.2, 0) is 14.8 Å². The third kappa shape index (κ3) is 4.34. The summed E-state index contributed by atoms with van der Waals surface area (Å²) in [6.07, 6.45) is 1.43. The molecular formula is C23H20ClN3O3S2. The minimum Gasteiger partial charge on any atom is -0.300 e. The Kier molecular flexibility index (Phi) is 6.19. The van der Waals surface area contributed by atoms with Gasteiger partial charge in [0.15, 0.2) is 5.13 Å². The number of anilines is 2. The number of aromatic nitrogens is 1. The van der Waals surface area contributed by atoms with E-state index in [1.165, 1.54) is 6.20 Å². The van der Waals surface area contributed by atoms with E-state index in [0.29, 0.717) is 20.5 Å². The second-order valence-electron chi connectivity index (χ2n) is 7.23. The van der Waals surface area contributed by atoms with Crippen LogP contribution < -0.4 is 9.62 Å². The molecule has 0 atom stereocenters. The Morgan fingerprint density at radius 3 is 2.53 bits per heavy atom. The van der Waals surface area contributed by atoms with Gasteiger partial charge in [0, 0.05) is 5.39 Å². The second-order valence-corrected chi connectivity index (χ2v) is 10.7. The van der Waals surface area contributed by atoms with Crippen LogP contribution in [0.1, 0.15) is 11.1 Å². The smallest absolute Gasteiger partial charge is 0.265 e. The molecule has 1 N–H and O–H groups in total. The molecule has 0 aliphatic carbocycles. The number of sulfonamides is 1. The van der Waals surface area contributed by atoms with Crippen LogP contribution in [0.25, 0.3) is 10.8 Å². The zero-order valence-corrected chi connectivity index (χ0v) is 19.8. The van der Waals surface area contributed by atoms with Gasteiger partial charge in [-0.05, 0) is 42.5 Å². The molecule has 1 aromatic heterocycles. The number of amides is 1. The number of benzene rings is 3. The van der Waals surface area contributed by atoms with Gasteiger partial charge < -0.3 is 5.32 Å². The van der Waals surface area contributed by atoms with Crippen molar-refractivity contribution in [2.75, 3.05) is 16.2 Å². The maximum atomic E-state index is 13.9. The fourth-order valence-electron chi connectivity index (χ4n) is 3.45. The molecule has 0 saturated heterocycles. The number of aryl methyl sites for hydroxylation is 1. The molecule has 0 aliphatic heterocycles. The first kappa shape index (κ1) is 22.3. The minimum atomic E-state index is -4.07. The van der Waals surface area contributed by atoms with Gasteiger partial charge in [-0.3, -0.25) is 9.10 Å². The van der Waals surface area contributed by atoms with E-state index >= 15 is 0 Å². The summed E-state index contributed by atoms with van der Waals surface area (Å²) in [5.41, 5.74) is 2.15. The Morgan fingerprint density at radius 2 is 1.78 bits per heavy atom. The minimum absolute atomic E-state index is 0.140. The highest BCUT2D eigenvalue weighted by molar-refractivity contribution is 7.93. The standard InChI is InChI=1S/C23H20ClN3O3S2/c1-15-7-5-11-19(16(15)2)27(14-22(28)26-23-25-13-21(24)31-23)32(29,30)20-12-6-9-17-8-3-4-10-18(17)20/h3-13H,14H2,1-2H3,(H,25,26,28). The third-order valence-electron chi connectivity index (χ3n) is 5.17. The lowest BCUT2D eigenvalue weighted by Gasteiger charge is -2.26. The van der Waals surface area contributed by atoms with Gasteiger partial charge in [0.05, 0.1) is 16.8 Å². The predicted octanol–water partition coefficient (Wildman–Crippen LogP) is 5.40. The van der Waals surface area contributed by atoms with E-state index in [2.05, 4.69) is 10.3 Å².